The van der Waals surface area contributed by atoms with Crippen LogP contribution in [0.1, 0.15) is 44.9 Å². The maximum atomic E-state index is 11.5. The summed E-state index contributed by atoms with van der Waals surface area (Å²) in [6.45, 7) is 2.16. The molecule has 1 aliphatic heterocycles. The van der Waals surface area contributed by atoms with Gasteiger partial charge in [0.1, 0.15) is 0 Å². The standard InChI is InChI=1S/C13H24N4O5/c14-13(20)16-21-11(18)6-4-2-1-3-5-7-12(19)22-17-9-8-15-10-17/h15H,1-10H2,(H3,14,16,20). The Hall–Kier alpha value is -1.87. The molecule has 0 atom stereocenters. The first-order valence-corrected chi connectivity index (χ1v) is 7.49. The van der Waals surface area contributed by atoms with Gasteiger partial charge in [0.15, 0.2) is 0 Å². The highest BCUT2D eigenvalue weighted by atomic mass is 16.7. The van der Waals surface area contributed by atoms with Crippen molar-refractivity contribution in [3.8, 4) is 0 Å². The van der Waals surface area contributed by atoms with Crippen molar-refractivity contribution in [2.45, 2.75) is 44.9 Å². The molecular formula is C13H24N4O5. The fourth-order valence-electron chi connectivity index (χ4n) is 1.98. The Labute approximate surface area is 129 Å². The van der Waals surface area contributed by atoms with Crippen LogP contribution in [0.3, 0.4) is 0 Å². The summed E-state index contributed by atoms with van der Waals surface area (Å²) < 4.78 is 0. The first-order chi connectivity index (χ1) is 10.6. The van der Waals surface area contributed by atoms with Gasteiger partial charge >= 0.3 is 18.0 Å². The molecule has 1 rings (SSSR count). The van der Waals surface area contributed by atoms with E-state index in [1.54, 1.807) is 10.5 Å². The SMILES string of the molecule is NC(=O)NOC(=O)CCCCCCCC(=O)ON1CCNC1. The van der Waals surface area contributed by atoms with Crippen molar-refractivity contribution in [1.82, 2.24) is 15.9 Å². The monoisotopic (exact) mass is 316 g/mol. The Morgan fingerprint density at radius 2 is 1.68 bits per heavy atom. The first-order valence-electron chi connectivity index (χ1n) is 7.49. The van der Waals surface area contributed by atoms with Gasteiger partial charge in [-0.25, -0.2) is 9.59 Å². The zero-order valence-corrected chi connectivity index (χ0v) is 12.6. The molecule has 1 saturated heterocycles. The van der Waals surface area contributed by atoms with Crippen LogP contribution in [0, 0.1) is 0 Å². The van der Waals surface area contributed by atoms with Gasteiger partial charge in [0.25, 0.3) is 0 Å². The molecule has 126 valence electrons. The van der Waals surface area contributed by atoms with E-state index in [2.05, 4.69) is 10.2 Å². The van der Waals surface area contributed by atoms with Crippen molar-refractivity contribution in [2.75, 3.05) is 19.8 Å². The van der Waals surface area contributed by atoms with Crippen molar-refractivity contribution in [3.05, 3.63) is 0 Å². The van der Waals surface area contributed by atoms with E-state index in [-0.39, 0.29) is 12.4 Å². The number of amides is 2. The molecule has 9 heteroatoms. The number of carbonyl (C=O) groups excluding carboxylic acids is 3. The van der Waals surface area contributed by atoms with Crippen molar-refractivity contribution < 1.29 is 24.1 Å². The molecule has 0 aromatic rings. The quantitative estimate of drug-likeness (QED) is 0.409. The molecule has 0 saturated carbocycles. The second kappa shape index (κ2) is 10.8. The topological polar surface area (TPSA) is 123 Å². The fraction of sp³-hybridized carbons (Fsp3) is 0.769. The number of unbranched alkanes of at least 4 members (excludes halogenated alkanes) is 4. The van der Waals surface area contributed by atoms with Crippen molar-refractivity contribution in [1.29, 1.82) is 0 Å². The lowest BCUT2D eigenvalue weighted by Crippen LogP contribution is -2.31. The summed E-state index contributed by atoms with van der Waals surface area (Å²) in [5, 5.41) is 4.69. The fourth-order valence-corrected chi connectivity index (χ4v) is 1.98. The molecule has 0 radical (unpaired) electrons. The zero-order chi connectivity index (χ0) is 16.2. The molecule has 4 N–H and O–H groups in total. The Balaban J connectivity index is 1.87. The van der Waals surface area contributed by atoms with Crippen LogP contribution >= 0.6 is 0 Å². The van der Waals surface area contributed by atoms with E-state index in [0.717, 1.165) is 38.8 Å². The summed E-state index contributed by atoms with van der Waals surface area (Å²) >= 11 is 0. The number of hydroxylamine groups is 3. The summed E-state index contributed by atoms with van der Waals surface area (Å²) in [6, 6.07) is -0.898. The molecule has 0 spiro atoms. The van der Waals surface area contributed by atoms with Gasteiger partial charge in [-0.3, -0.25) is 4.79 Å². The molecule has 9 nitrogen and oxygen atoms in total. The molecule has 2 amide bonds. The largest absolute Gasteiger partial charge is 0.367 e. The van der Waals surface area contributed by atoms with Crippen LogP contribution in [0.25, 0.3) is 0 Å². The molecule has 0 bridgehead atoms. The van der Waals surface area contributed by atoms with Crippen molar-refractivity contribution >= 4 is 18.0 Å². The summed E-state index contributed by atoms with van der Waals surface area (Å²) in [6.07, 6.45) is 4.76. The van der Waals surface area contributed by atoms with Crippen LogP contribution < -0.4 is 16.5 Å². The van der Waals surface area contributed by atoms with E-state index in [1.165, 1.54) is 0 Å². The van der Waals surface area contributed by atoms with Gasteiger partial charge in [0.2, 0.25) is 0 Å². The number of hydrogen-bond donors (Lipinski definition) is 3. The molecular weight excluding hydrogens is 292 g/mol. The van der Waals surface area contributed by atoms with Crippen LogP contribution in [0.4, 0.5) is 4.79 Å². The van der Waals surface area contributed by atoms with Gasteiger partial charge in [-0.15, -0.1) is 5.06 Å². The lowest BCUT2D eigenvalue weighted by atomic mass is 10.1. The van der Waals surface area contributed by atoms with Gasteiger partial charge in [-0.2, -0.15) is 5.48 Å². The molecule has 0 aliphatic carbocycles. The third kappa shape index (κ3) is 9.14. The maximum Gasteiger partial charge on any atom is 0.345 e. The van der Waals surface area contributed by atoms with Crippen LogP contribution in [-0.4, -0.2) is 42.8 Å². The first kappa shape index (κ1) is 18.2. The summed E-state index contributed by atoms with van der Waals surface area (Å²) in [5.74, 6) is -0.716. The van der Waals surface area contributed by atoms with Crippen LogP contribution in [-0.2, 0) is 19.3 Å². The third-order valence-electron chi connectivity index (χ3n) is 3.08. The molecule has 1 aliphatic rings. The van der Waals surface area contributed by atoms with Crippen LogP contribution in [0.2, 0.25) is 0 Å². The Morgan fingerprint density at radius 1 is 1.05 bits per heavy atom. The van der Waals surface area contributed by atoms with E-state index >= 15 is 0 Å². The predicted molar refractivity (Wildman–Crippen MR) is 76.8 cm³/mol. The van der Waals surface area contributed by atoms with E-state index < -0.39 is 12.0 Å². The summed E-state index contributed by atoms with van der Waals surface area (Å²) in [7, 11) is 0. The lowest BCUT2D eigenvalue weighted by Gasteiger charge is -2.13. The summed E-state index contributed by atoms with van der Waals surface area (Å²) in [5.41, 5.74) is 6.53. The average Bonchev–Trinajstić information content (AvgIpc) is 2.96. The number of carbonyl (C=O) groups is 3. The summed E-state index contributed by atoms with van der Waals surface area (Å²) in [4.78, 5) is 42.5. The minimum atomic E-state index is -0.898. The highest BCUT2D eigenvalue weighted by Gasteiger charge is 2.15. The Kier molecular flexibility index (Phi) is 8.92. The van der Waals surface area contributed by atoms with Gasteiger partial charge in [-0.05, 0) is 12.8 Å². The third-order valence-corrected chi connectivity index (χ3v) is 3.08. The molecule has 1 heterocycles. The van der Waals surface area contributed by atoms with Gasteiger partial charge < -0.3 is 20.7 Å². The number of hydrogen-bond acceptors (Lipinski definition) is 7. The van der Waals surface area contributed by atoms with Gasteiger partial charge in [-0.1, -0.05) is 19.3 Å². The maximum absolute atomic E-state index is 11.5. The molecule has 1 fully saturated rings. The minimum absolute atomic E-state index is 0.204. The lowest BCUT2D eigenvalue weighted by molar-refractivity contribution is -0.185. The van der Waals surface area contributed by atoms with Crippen molar-refractivity contribution in [3.63, 3.8) is 0 Å². The Bertz CT molecular complexity index is 371. The van der Waals surface area contributed by atoms with Gasteiger partial charge in [0.05, 0.1) is 6.67 Å². The number of nitrogens with zero attached hydrogens (tertiary/aromatic N) is 1. The second-order valence-electron chi connectivity index (χ2n) is 5.03. The molecule has 0 aromatic heterocycles. The predicted octanol–water partition coefficient (Wildman–Crippen LogP) is 0.164. The Morgan fingerprint density at radius 3 is 2.27 bits per heavy atom. The zero-order valence-electron chi connectivity index (χ0n) is 12.6. The van der Waals surface area contributed by atoms with E-state index in [1.807, 2.05) is 0 Å². The highest BCUT2D eigenvalue weighted by Crippen LogP contribution is 2.09. The average molecular weight is 316 g/mol. The van der Waals surface area contributed by atoms with E-state index in [4.69, 9.17) is 10.6 Å². The van der Waals surface area contributed by atoms with E-state index in [0.29, 0.717) is 19.5 Å². The second-order valence-corrected chi connectivity index (χ2v) is 5.03. The number of rotatable bonds is 9. The number of primary amides is 1. The number of nitrogens with one attached hydrogen (secondary N) is 2. The smallest absolute Gasteiger partial charge is 0.345 e. The normalized spacial score (nSPS) is 14.5. The number of nitrogens with two attached hydrogens (primary N) is 1. The number of urea groups is 1. The molecule has 22 heavy (non-hydrogen) atoms. The highest BCUT2D eigenvalue weighted by molar-refractivity contribution is 5.75. The van der Waals surface area contributed by atoms with E-state index in [9.17, 15) is 14.4 Å². The minimum Gasteiger partial charge on any atom is -0.367 e. The molecule has 0 aromatic carbocycles. The van der Waals surface area contributed by atoms with Crippen LogP contribution in [0.5, 0.6) is 0 Å². The molecule has 0 unspecified atom stereocenters. The van der Waals surface area contributed by atoms with Gasteiger partial charge in [0, 0.05) is 25.9 Å². The van der Waals surface area contributed by atoms with Crippen LogP contribution in [0.15, 0.2) is 0 Å². The van der Waals surface area contributed by atoms with Crippen molar-refractivity contribution in [2.24, 2.45) is 5.73 Å².